The van der Waals surface area contributed by atoms with Gasteiger partial charge >= 0.3 is 0 Å². The molecule has 10 heteroatoms. The molecule has 3 heterocycles. The molecule has 0 saturated heterocycles. The molecular formula is C23H23N5O2S3. The number of nitrogens with zero attached hydrogens (tertiary/aromatic N) is 3. The number of carbonyl (C=O) groups excluding carboxylic acids is 2. The molecular weight excluding hydrogens is 474 g/mol. The Hall–Kier alpha value is -2.95. The SMILES string of the molecule is CCc1sc(C(=O)NNC(=O)CSc2nnc(Cc3cccs3)n2-c2ccccc2)cc1C. The van der Waals surface area contributed by atoms with Gasteiger partial charge in [0.25, 0.3) is 5.91 Å². The van der Waals surface area contributed by atoms with E-state index in [1.54, 1.807) is 11.3 Å². The van der Waals surface area contributed by atoms with Crippen molar-refractivity contribution < 1.29 is 9.59 Å². The van der Waals surface area contributed by atoms with Crippen molar-refractivity contribution in [2.75, 3.05) is 5.75 Å². The fourth-order valence-corrected chi connectivity index (χ4v) is 5.73. The molecule has 0 saturated carbocycles. The number of benzene rings is 1. The molecule has 0 fully saturated rings. The van der Waals surface area contributed by atoms with Crippen LogP contribution in [0.15, 0.2) is 59.1 Å². The van der Waals surface area contributed by atoms with E-state index in [1.165, 1.54) is 32.9 Å². The van der Waals surface area contributed by atoms with Crippen LogP contribution < -0.4 is 10.9 Å². The third-order valence-electron chi connectivity index (χ3n) is 4.84. The van der Waals surface area contributed by atoms with Crippen LogP contribution in [-0.2, 0) is 17.6 Å². The second-order valence-electron chi connectivity index (χ2n) is 7.19. The molecule has 0 atom stereocenters. The van der Waals surface area contributed by atoms with Crippen LogP contribution in [0.5, 0.6) is 0 Å². The molecule has 0 radical (unpaired) electrons. The molecule has 0 bridgehead atoms. The van der Waals surface area contributed by atoms with Crippen molar-refractivity contribution in [1.82, 2.24) is 25.6 Å². The molecule has 2 amide bonds. The standard InChI is InChI=1S/C23H23N5O2S3/c1-3-18-15(2)12-19(33-18)22(30)26-25-21(29)14-32-23-27-24-20(13-17-10-7-11-31-17)28(23)16-8-5-4-6-9-16/h4-12H,3,13-14H2,1-2H3,(H,25,29)(H,26,30). The predicted octanol–water partition coefficient (Wildman–Crippen LogP) is 4.41. The minimum atomic E-state index is -0.320. The Morgan fingerprint density at radius 1 is 1.09 bits per heavy atom. The van der Waals surface area contributed by atoms with Gasteiger partial charge in [-0.1, -0.05) is 43.0 Å². The Morgan fingerprint density at radius 2 is 1.91 bits per heavy atom. The predicted molar refractivity (Wildman–Crippen MR) is 133 cm³/mol. The van der Waals surface area contributed by atoms with Gasteiger partial charge in [-0.05, 0) is 48.6 Å². The highest BCUT2D eigenvalue weighted by molar-refractivity contribution is 7.99. The number of carbonyl (C=O) groups is 2. The molecule has 33 heavy (non-hydrogen) atoms. The summed E-state index contributed by atoms with van der Waals surface area (Å²) in [5.41, 5.74) is 7.02. The van der Waals surface area contributed by atoms with E-state index < -0.39 is 0 Å². The number of thiophene rings is 2. The van der Waals surface area contributed by atoms with Crippen LogP contribution in [0.4, 0.5) is 0 Å². The summed E-state index contributed by atoms with van der Waals surface area (Å²) >= 11 is 4.39. The third-order valence-corrected chi connectivity index (χ3v) is 8.03. The minimum Gasteiger partial charge on any atom is -0.274 e. The third kappa shape index (κ3) is 5.70. The number of amides is 2. The Morgan fingerprint density at radius 3 is 2.61 bits per heavy atom. The molecule has 0 aliphatic carbocycles. The second-order valence-corrected chi connectivity index (χ2v) is 10.3. The van der Waals surface area contributed by atoms with Crippen LogP contribution in [-0.4, -0.2) is 32.3 Å². The highest BCUT2D eigenvalue weighted by atomic mass is 32.2. The van der Waals surface area contributed by atoms with E-state index in [-0.39, 0.29) is 17.6 Å². The molecule has 0 aliphatic heterocycles. The lowest BCUT2D eigenvalue weighted by molar-refractivity contribution is -0.119. The number of rotatable bonds is 8. The average molecular weight is 498 g/mol. The Balaban J connectivity index is 1.40. The molecule has 7 nitrogen and oxygen atoms in total. The number of hydrogen-bond donors (Lipinski definition) is 2. The number of nitrogens with one attached hydrogen (secondary N) is 2. The Kier molecular flexibility index (Phi) is 7.58. The zero-order valence-electron chi connectivity index (χ0n) is 18.2. The lowest BCUT2D eigenvalue weighted by Crippen LogP contribution is -2.42. The summed E-state index contributed by atoms with van der Waals surface area (Å²) in [6, 6.07) is 15.8. The van der Waals surface area contributed by atoms with Crippen molar-refractivity contribution in [3.8, 4) is 5.69 Å². The second kappa shape index (κ2) is 10.8. The van der Waals surface area contributed by atoms with Gasteiger partial charge in [0.15, 0.2) is 5.16 Å². The number of thioether (sulfide) groups is 1. The Labute approximate surface area is 204 Å². The van der Waals surface area contributed by atoms with Gasteiger partial charge in [-0.15, -0.1) is 32.9 Å². The van der Waals surface area contributed by atoms with Crippen molar-refractivity contribution in [3.05, 3.63) is 79.9 Å². The first-order valence-corrected chi connectivity index (χ1v) is 13.1. The highest BCUT2D eigenvalue weighted by Crippen LogP contribution is 2.25. The zero-order chi connectivity index (χ0) is 23.2. The van der Waals surface area contributed by atoms with E-state index in [2.05, 4.69) is 34.0 Å². The summed E-state index contributed by atoms with van der Waals surface area (Å²) in [5, 5.41) is 11.4. The van der Waals surface area contributed by atoms with Gasteiger partial charge in [-0.25, -0.2) is 0 Å². The molecule has 1 aromatic carbocycles. The first-order chi connectivity index (χ1) is 16.0. The van der Waals surface area contributed by atoms with E-state index in [1.807, 2.05) is 59.3 Å². The van der Waals surface area contributed by atoms with Crippen LogP contribution in [0.25, 0.3) is 5.69 Å². The molecule has 0 unspecified atom stereocenters. The minimum absolute atomic E-state index is 0.0912. The van der Waals surface area contributed by atoms with Crippen LogP contribution in [0.3, 0.4) is 0 Å². The largest absolute Gasteiger partial charge is 0.279 e. The molecule has 4 aromatic rings. The molecule has 0 spiro atoms. The summed E-state index contributed by atoms with van der Waals surface area (Å²) < 4.78 is 1.97. The summed E-state index contributed by atoms with van der Waals surface area (Å²) in [4.78, 5) is 27.7. The topological polar surface area (TPSA) is 88.9 Å². The lowest BCUT2D eigenvalue weighted by Gasteiger charge is -2.10. The maximum Gasteiger partial charge on any atom is 0.279 e. The number of hydrogen-bond acceptors (Lipinski definition) is 7. The monoisotopic (exact) mass is 497 g/mol. The van der Waals surface area contributed by atoms with E-state index in [0.29, 0.717) is 16.5 Å². The molecule has 3 aromatic heterocycles. The van der Waals surface area contributed by atoms with E-state index in [9.17, 15) is 9.59 Å². The van der Waals surface area contributed by atoms with E-state index in [0.717, 1.165) is 23.5 Å². The maximum atomic E-state index is 12.4. The summed E-state index contributed by atoms with van der Waals surface area (Å²) in [6.07, 6.45) is 1.53. The summed E-state index contributed by atoms with van der Waals surface area (Å²) in [7, 11) is 0. The highest BCUT2D eigenvalue weighted by Gasteiger charge is 2.17. The fourth-order valence-electron chi connectivity index (χ4n) is 3.25. The van der Waals surface area contributed by atoms with Crippen molar-refractivity contribution >= 4 is 46.2 Å². The number of aromatic nitrogens is 3. The molecule has 2 N–H and O–H groups in total. The maximum absolute atomic E-state index is 12.4. The molecule has 170 valence electrons. The van der Waals surface area contributed by atoms with Crippen LogP contribution >= 0.6 is 34.4 Å². The van der Waals surface area contributed by atoms with E-state index >= 15 is 0 Å². The summed E-state index contributed by atoms with van der Waals surface area (Å²) in [5.74, 6) is 0.264. The van der Waals surface area contributed by atoms with Crippen LogP contribution in [0.2, 0.25) is 0 Å². The molecule has 4 rings (SSSR count). The summed E-state index contributed by atoms with van der Waals surface area (Å²) in [6.45, 7) is 4.04. The van der Waals surface area contributed by atoms with Crippen molar-refractivity contribution in [2.24, 2.45) is 0 Å². The first kappa shape index (κ1) is 23.2. The normalized spacial score (nSPS) is 10.8. The van der Waals surface area contributed by atoms with Gasteiger partial charge in [0, 0.05) is 21.9 Å². The van der Waals surface area contributed by atoms with Gasteiger partial charge in [0.05, 0.1) is 10.6 Å². The molecule has 0 aliphatic rings. The van der Waals surface area contributed by atoms with E-state index in [4.69, 9.17) is 0 Å². The first-order valence-electron chi connectivity index (χ1n) is 10.4. The lowest BCUT2D eigenvalue weighted by atomic mass is 10.2. The van der Waals surface area contributed by atoms with Crippen molar-refractivity contribution in [2.45, 2.75) is 31.8 Å². The quantitative estimate of drug-likeness (QED) is 0.278. The number of hydrazine groups is 1. The van der Waals surface area contributed by atoms with Gasteiger partial charge < -0.3 is 0 Å². The van der Waals surface area contributed by atoms with Gasteiger partial charge in [0.1, 0.15) is 5.82 Å². The smallest absolute Gasteiger partial charge is 0.274 e. The van der Waals surface area contributed by atoms with Gasteiger partial charge in [0.2, 0.25) is 5.91 Å². The van der Waals surface area contributed by atoms with Crippen LogP contribution in [0, 0.1) is 6.92 Å². The van der Waals surface area contributed by atoms with Gasteiger partial charge in [-0.3, -0.25) is 25.0 Å². The average Bonchev–Trinajstić information content (AvgIpc) is 3.57. The van der Waals surface area contributed by atoms with Crippen molar-refractivity contribution in [1.29, 1.82) is 0 Å². The number of aryl methyl sites for hydroxylation is 2. The fraction of sp³-hybridized carbons (Fsp3) is 0.217. The Bertz CT molecular complexity index is 1230. The number of para-hydroxylation sites is 1. The van der Waals surface area contributed by atoms with Crippen LogP contribution in [0.1, 0.15) is 37.7 Å². The van der Waals surface area contributed by atoms with Gasteiger partial charge in [-0.2, -0.15) is 0 Å². The van der Waals surface area contributed by atoms with Crippen molar-refractivity contribution in [3.63, 3.8) is 0 Å². The zero-order valence-corrected chi connectivity index (χ0v) is 20.6.